The monoisotopic (exact) mass is 299 g/mol. The Bertz CT molecular complexity index is 1240. The fourth-order valence-electron chi connectivity index (χ4n) is 3.98. The number of nitrogens with zero attached hydrogens (tertiary/aromatic N) is 1. The van der Waals surface area contributed by atoms with Crippen LogP contribution in [0.4, 0.5) is 0 Å². The number of fused-ring (bicyclic) bond motifs is 6. The molecule has 2 nitrogen and oxygen atoms in total. The number of rotatable bonds is 0. The molecule has 0 N–H and O–H groups in total. The first-order chi connectivity index (χ1) is 11.2. The molecule has 0 bridgehead atoms. The molecule has 5 aromatic rings. The topological polar surface area (TPSA) is 18.1 Å². The zero-order valence-electron chi connectivity index (χ0n) is 13.5. The molecule has 0 spiro atoms. The number of hydrogen-bond acceptors (Lipinski definition) is 1. The van der Waals surface area contributed by atoms with Gasteiger partial charge in [0, 0.05) is 39.7 Å². The third-order valence-corrected chi connectivity index (χ3v) is 5.08. The highest BCUT2D eigenvalue weighted by Crippen LogP contribution is 2.39. The van der Waals surface area contributed by atoms with Crippen molar-refractivity contribution in [3.63, 3.8) is 0 Å². The van der Waals surface area contributed by atoms with Gasteiger partial charge in [0.25, 0.3) is 0 Å². The molecular weight excluding hydrogens is 282 g/mol. The van der Waals surface area contributed by atoms with Crippen LogP contribution in [0.25, 0.3) is 43.7 Å². The molecule has 3 aromatic carbocycles. The summed E-state index contributed by atoms with van der Waals surface area (Å²) >= 11 is 0. The van der Waals surface area contributed by atoms with Crippen LogP contribution < -0.4 is 0 Å². The van der Waals surface area contributed by atoms with Crippen molar-refractivity contribution in [1.82, 2.24) is 4.57 Å². The van der Waals surface area contributed by atoms with Crippen molar-refractivity contribution in [2.45, 2.75) is 13.8 Å². The quantitative estimate of drug-likeness (QED) is 0.351. The Morgan fingerprint density at radius 3 is 2.43 bits per heavy atom. The van der Waals surface area contributed by atoms with Gasteiger partial charge in [-0.1, -0.05) is 36.4 Å². The normalized spacial score (nSPS) is 12.1. The minimum Gasteiger partial charge on any atom is -0.455 e. The minimum absolute atomic E-state index is 1.00. The first-order valence-corrected chi connectivity index (χ1v) is 7.95. The van der Waals surface area contributed by atoms with Crippen molar-refractivity contribution in [1.29, 1.82) is 0 Å². The Kier molecular flexibility index (Phi) is 2.31. The van der Waals surface area contributed by atoms with Gasteiger partial charge in [0.15, 0.2) is 0 Å². The van der Waals surface area contributed by atoms with Gasteiger partial charge >= 0.3 is 0 Å². The number of aromatic nitrogens is 1. The van der Waals surface area contributed by atoms with Crippen LogP contribution >= 0.6 is 0 Å². The van der Waals surface area contributed by atoms with E-state index >= 15 is 0 Å². The predicted molar refractivity (Wildman–Crippen MR) is 97.2 cm³/mol. The fourth-order valence-corrected chi connectivity index (χ4v) is 3.98. The van der Waals surface area contributed by atoms with Crippen LogP contribution in [0.3, 0.4) is 0 Å². The summed E-state index contributed by atoms with van der Waals surface area (Å²) in [6, 6.07) is 17.3. The van der Waals surface area contributed by atoms with Gasteiger partial charge in [-0.15, -0.1) is 0 Å². The van der Waals surface area contributed by atoms with Crippen LogP contribution in [-0.4, -0.2) is 4.57 Å². The van der Waals surface area contributed by atoms with E-state index in [1.54, 1.807) is 0 Å². The van der Waals surface area contributed by atoms with Crippen LogP contribution in [0, 0.1) is 13.8 Å². The summed E-state index contributed by atoms with van der Waals surface area (Å²) in [6.07, 6.45) is 0. The number of benzene rings is 3. The Morgan fingerprint density at radius 2 is 1.57 bits per heavy atom. The second kappa shape index (κ2) is 4.17. The SMILES string of the molecule is Cc1cccc2c1oc1c(C)c3c(cc12)c1ccccc1n3C. The Balaban J connectivity index is 2.12. The largest absolute Gasteiger partial charge is 0.455 e. The summed E-state index contributed by atoms with van der Waals surface area (Å²) in [4.78, 5) is 0. The molecule has 112 valence electrons. The lowest BCUT2D eigenvalue weighted by molar-refractivity contribution is 0.663. The fraction of sp³-hybridized carbons (Fsp3) is 0.143. The van der Waals surface area contributed by atoms with E-state index in [0.29, 0.717) is 0 Å². The standard InChI is InChI=1S/C21H17NO/c1-12-7-6-9-15-17-11-16-14-8-4-5-10-18(14)22(3)19(16)13(2)21(17)23-20(12)15/h4-11H,1-3H3. The third-order valence-electron chi connectivity index (χ3n) is 5.08. The molecule has 2 aromatic heterocycles. The lowest BCUT2D eigenvalue weighted by atomic mass is 10.0. The molecule has 2 heterocycles. The average molecular weight is 299 g/mol. The number of furan rings is 1. The number of hydrogen-bond donors (Lipinski definition) is 0. The molecule has 0 fully saturated rings. The van der Waals surface area contributed by atoms with E-state index in [-0.39, 0.29) is 0 Å². The molecule has 0 aliphatic heterocycles. The molecule has 2 heteroatoms. The van der Waals surface area contributed by atoms with Gasteiger partial charge in [-0.2, -0.15) is 0 Å². The van der Waals surface area contributed by atoms with Crippen LogP contribution in [0.2, 0.25) is 0 Å². The summed E-state index contributed by atoms with van der Waals surface area (Å²) in [7, 11) is 2.14. The maximum absolute atomic E-state index is 6.26. The summed E-state index contributed by atoms with van der Waals surface area (Å²) in [5, 5.41) is 5.03. The number of aryl methyl sites for hydroxylation is 3. The van der Waals surface area contributed by atoms with E-state index < -0.39 is 0 Å². The molecule has 0 aliphatic rings. The lowest BCUT2D eigenvalue weighted by Crippen LogP contribution is -1.89. The lowest BCUT2D eigenvalue weighted by Gasteiger charge is -2.02. The molecular formula is C21H17NO. The molecule has 0 unspecified atom stereocenters. The molecule has 23 heavy (non-hydrogen) atoms. The summed E-state index contributed by atoms with van der Waals surface area (Å²) in [5.74, 6) is 0. The van der Waals surface area contributed by atoms with E-state index in [0.717, 1.165) is 11.2 Å². The first kappa shape index (κ1) is 12.8. The average Bonchev–Trinajstić information content (AvgIpc) is 3.07. The van der Waals surface area contributed by atoms with E-state index in [4.69, 9.17) is 4.42 Å². The number of para-hydroxylation sites is 2. The Labute approximate surface area is 133 Å². The summed E-state index contributed by atoms with van der Waals surface area (Å²) in [5.41, 5.74) is 6.94. The Morgan fingerprint density at radius 1 is 0.783 bits per heavy atom. The highest BCUT2D eigenvalue weighted by atomic mass is 16.3. The van der Waals surface area contributed by atoms with Crippen molar-refractivity contribution in [3.8, 4) is 0 Å². The van der Waals surface area contributed by atoms with Crippen LogP contribution in [0.5, 0.6) is 0 Å². The van der Waals surface area contributed by atoms with Gasteiger partial charge in [0.1, 0.15) is 11.2 Å². The molecule has 0 saturated carbocycles. The smallest absolute Gasteiger partial charge is 0.140 e. The molecule has 0 aliphatic carbocycles. The molecule has 5 rings (SSSR count). The van der Waals surface area contributed by atoms with Crippen LogP contribution in [-0.2, 0) is 7.05 Å². The predicted octanol–water partition coefficient (Wildman–Crippen LogP) is 5.85. The van der Waals surface area contributed by atoms with Gasteiger partial charge in [-0.25, -0.2) is 0 Å². The highest BCUT2D eigenvalue weighted by molar-refractivity contribution is 6.18. The zero-order chi connectivity index (χ0) is 15.7. The molecule has 0 amide bonds. The van der Waals surface area contributed by atoms with E-state index in [2.05, 4.69) is 74.0 Å². The van der Waals surface area contributed by atoms with Crippen molar-refractivity contribution in [2.24, 2.45) is 7.05 Å². The van der Waals surface area contributed by atoms with Crippen molar-refractivity contribution < 1.29 is 4.42 Å². The molecule has 0 saturated heterocycles. The second-order valence-electron chi connectivity index (χ2n) is 6.40. The second-order valence-corrected chi connectivity index (χ2v) is 6.40. The van der Waals surface area contributed by atoms with E-state index in [1.807, 2.05) is 0 Å². The highest BCUT2D eigenvalue weighted by Gasteiger charge is 2.17. The van der Waals surface area contributed by atoms with E-state index in [9.17, 15) is 0 Å². The van der Waals surface area contributed by atoms with Crippen molar-refractivity contribution >= 4 is 43.7 Å². The Hall–Kier alpha value is -2.74. The van der Waals surface area contributed by atoms with Gasteiger partial charge in [0.2, 0.25) is 0 Å². The van der Waals surface area contributed by atoms with Gasteiger partial charge in [0.05, 0.1) is 5.52 Å². The van der Waals surface area contributed by atoms with Gasteiger partial charge in [-0.05, 0) is 31.5 Å². The van der Waals surface area contributed by atoms with Crippen LogP contribution in [0.1, 0.15) is 11.1 Å². The van der Waals surface area contributed by atoms with Crippen molar-refractivity contribution in [2.75, 3.05) is 0 Å². The minimum atomic E-state index is 1.00. The van der Waals surface area contributed by atoms with Gasteiger partial charge < -0.3 is 8.98 Å². The first-order valence-electron chi connectivity index (χ1n) is 7.95. The zero-order valence-corrected chi connectivity index (χ0v) is 13.5. The van der Waals surface area contributed by atoms with Gasteiger partial charge in [-0.3, -0.25) is 0 Å². The van der Waals surface area contributed by atoms with E-state index in [1.165, 1.54) is 43.7 Å². The maximum Gasteiger partial charge on any atom is 0.140 e. The summed E-state index contributed by atoms with van der Waals surface area (Å²) < 4.78 is 8.54. The molecule has 0 atom stereocenters. The third kappa shape index (κ3) is 1.48. The molecule has 0 radical (unpaired) electrons. The van der Waals surface area contributed by atoms with Crippen LogP contribution in [0.15, 0.2) is 52.9 Å². The summed E-state index contributed by atoms with van der Waals surface area (Å²) in [6.45, 7) is 4.27. The maximum atomic E-state index is 6.26. The van der Waals surface area contributed by atoms with Crippen molar-refractivity contribution in [3.05, 3.63) is 59.7 Å².